The number of carbonyl (C=O) groups excluding carboxylic acids is 1. The molecule has 7 nitrogen and oxygen atoms in total. The summed E-state index contributed by atoms with van der Waals surface area (Å²) in [5.41, 5.74) is 6.38. The molecule has 8 heteroatoms. The highest BCUT2D eigenvalue weighted by molar-refractivity contribution is 8.00. The Morgan fingerprint density at radius 2 is 1.87 bits per heavy atom. The van der Waals surface area contributed by atoms with E-state index in [1.807, 2.05) is 74.0 Å². The Bertz CT molecular complexity index is 1020. The molecule has 2 heterocycles. The minimum absolute atomic E-state index is 0.0810. The van der Waals surface area contributed by atoms with Crippen LogP contribution in [0, 0.1) is 6.92 Å². The van der Waals surface area contributed by atoms with E-state index in [0.717, 1.165) is 34.8 Å². The fourth-order valence-corrected chi connectivity index (χ4v) is 4.46. The molecular formula is C22H25N5O2S. The van der Waals surface area contributed by atoms with Crippen molar-refractivity contribution in [2.75, 3.05) is 17.3 Å². The fourth-order valence-electron chi connectivity index (χ4n) is 3.37. The minimum atomic E-state index is -0.411. The van der Waals surface area contributed by atoms with Crippen molar-refractivity contribution in [3.05, 3.63) is 65.5 Å². The number of rotatable bonds is 6. The van der Waals surface area contributed by atoms with Gasteiger partial charge in [0, 0.05) is 12.1 Å². The minimum Gasteiger partial charge on any atom is -0.494 e. The molecule has 0 unspecified atom stereocenters. The van der Waals surface area contributed by atoms with Crippen LogP contribution in [0.15, 0.2) is 53.7 Å². The van der Waals surface area contributed by atoms with E-state index in [9.17, 15) is 4.79 Å². The predicted molar refractivity (Wildman–Crippen MR) is 119 cm³/mol. The molecule has 30 heavy (non-hydrogen) atoms. The zero-order chi connectivity index (χ0) is 21.1. The standard InChI is InChI=1S/C22H25N5O2S/c1-4-18-24-25-22-27(18)26-19(15-8-12-17(13-9-15)29-5-2)20(30-22)21(28)23-16-10-6-14(3)7-11-16/h6-13,19-20,26H,4-5H2,1-3H3,(H,23,28)/t19-,20-/m0/s1. The Labute approximate surface area is 180 Å². The summed E-state index contributed by atoms with van der Waals surface area (Å²) in [7, 11) is 0. The first-order valence-electron chi connectivity index (χ1n) is 10.1. The number of benzene rings is 2. The topological polar surface area (TPSA) is 81.1 Å². The molecule has 0 saturated heterocycles. The molecule has 1 aliphatic heterocycles. The van der Waals surface area contributed by atoms with E-state index in [1.165, 1.54) is 11.8 Å². The molecule has 0 spiro atoms. The first-order chi connectivity index (χ1) is 14.6. The molecule has 0 radical (unpaired) electrons. The van der Waals surface area contributed by atoms with Crippen LogP contribution < -0.4 is 15.5 Å². The molecular weight excluding hydrogens is 398 g/mol. The number of nitrogens with one attached hydrogen (secondary N) is 2. The zero-order valence-electron chi connectivity index (χ0n) is 17.3. The van der Waals surface area contributed by atoms with Crippen molar-refractivity contribution < 1.29 is 9.53 Å². The average molecular weight is 424 g/mol. The second kappa shape index (κ2) is 8.79. The maximum Gasteiger partial charge on any atom is 0.240 e. The van der Waals surface area contributed by atoms with E-state index in [4.69, 9.17) is 4.74 Å². The van der Waals surface area contributed by atoms with Crippen LogP contribution in [0.3, 0.4) is 0 Å². The second-order valence-corrected chi connectivity index (χ2v) is 8.20. The van der Waals surface area contributed by atoms with Crippen LogP contribution in [0.2, 0.25) is 0 Å². The molecule has 0 aliphatic carbocycles. The molecule has 1 amide bonds. The van der Waals surface area contributed by atoms with E-state index in [-0.39, 0.29) is 11.9 Å². The Hall–Kier alpha value is -3.00. The van der Waals surface area contributed by atoms with Gasteiger partial charge in [0.1, 0.15) is 11.0 Å². The van der Waals surface area contributed by atoms with Crippen LogP contribution in [0.25, 0.3) is 0 Å². The number of aromatic nitrogens is 3. The van der Waals surface area contributed by atoms with Crippen molar-refractivity contribution in [1.29, 1.82) is 0 Å². The Balaban J connectivity index is 1.64. The van der Waals surface area contributed by atoms with E-state index in [1.54, 1.807) is 0 Å². The van der Waals surface area contributed by atoms with Crippen molar-refractivity contribution in [3.8, 4) is 5.75 Å². The van der Waals surface area contributed by atoms with Gasteiger partial charge >= 0.3 is 0 Å². The number of carbonyl (C=O) groups is 1. The van der Waals surface area contributed by atoms with Gasteiger partial charge in [0.15, 0.2) is 5.82 Å². The summed E-state index contributed by atoms with van der Waals surface area (Å²) in [6, 6.07) is 15.4. The number of thioether (sulfide) groups is 1. The fraction of sp³-hybridized carbons (Fsp3) is 0.318. The first-order valence-corrected chi connectivity index (χ1v) is 10.9. The van der Waals surface area contributed by atoms with Gasteiger partial charge in [-0.3, -0.25) is 4.79 Å². The Kier molecular flexibility index (Phi) is 5.94. The molecule has 156 valence electrons. The van der Waals surface area contributed by atoms with E-state index in [0.29, 0.717) is 11.8 Å². The van der Waals surface area contributed by atoms with Gasteiger partial charge in [-0.15, -0.1) is 10.2 Å². The monoisotopic (exact) mass is 423 g/mol. The molecule has 2 aromatic carbocycles. The van der Waals surface area contributed by atoms with Gasteiger partial charge in [0.2, 0.25) is 11.1 Å². The molecule has 3 aromatic rings. The van der Waals surface area contributed by atoms with Crippen molar-refractivity contribution >= 4 is 23.4 Å². The third-order valence-corrected chi connectivity index (χ3v) is 6.16. The summed E-state index contributed by atoms with van der Waals surface area (Å²) in [5, 5.41) is 11.8. The summed E-state index contributed by atoms with van der Waals surface area (Å²) in [5.74, 6) is 1.57. The summed E-state index contributed by atoms with van der Waals surface area (Å²) >= 11 is 1.42. The lowest BCUT2D eigenvalue weighted by atomic mass is 10.0. The lowest BCUT2D eigenvalue weighted by molar-refractivity contribution is -0.116. The number of anilines is 1. The maximum atomic E-state index is 13.2. The van der Waals surface area contributed by atoms with E-state index >= 15 is 0 Å². The third-order valence-electron chi connectivity index (χ3n) is 4.95. The zero-order valence-corrected chi connectivity index (χ0v) is 18.1. The van der Waals surface area contributed by atoms with Crippen LogP contribution >= 0.6 is 11.8 Å². The van der Waals surface area contributed by atoms with Crippen molar-refractivity contribution in [3.63, 3.8) is 0 Å². The number of nitrogens with zero attached hydrogens (tertiary/aromatic N) is 3. The Morgan fingerprint density at radius 1 is 1.13 bits per heavy atom. The van der Waals surface area contributed by atoms with Crippen LogP contribution in [0.1, 0.15) is 36.8 Å². The molecule has 2 atom stereocenters. The van der Waals surface area contributed by atoms with Gasteiger partial charge < -0.3 is 15.5 Å². The summed E-state index contributed by atoms with van der Waals surface area (Å²) in [6.07, 6.45) is 0.747. The first kappa shape index (κ1) is 20.3. The highest BCUT2D eigenvalue weighted by Crippen LogP contribution is 2.38. The predicted octanol–water partition coefficient (Wildman–Crippen LogP) is 3.95. The van der Waals surface area contributed by atoms with Gasteiger partial charge in [-0.1, -0.05) is 48.5 Å². The molecule has 4 rings (SSSR count). The SMILES string of the molecule is CCOc1ccc([C@@H]2Nn3c(CC)nnc3S[C@@H]2C(=O)Nc2ccc(C)cc2)cc1. The quantitative estimate of drug-likeness (QED) is 0.625. The van der Waals surface area contributed by atoms with E-state index in [2.05, 4.69) is 20.9 Å². The molecule has 0 saturated carbocycles. The van der Waals surface area contributed by atoms with Crippen LogP contribution in [-0.2, 0) is 11.2 Å². The van der Waals surface area contributed by atoms with Gasteiger partial charge in [-0.25, -0.2) is 4.68 Å². The maximum absolute atomic E-state index is 13.2. The number of hydrogen-bond acceptors (Lipinski definition) is 6. The lowest BCUT2D eigenvalue weighted by Gasteiger charge is -2.33. The summed E-state index contributed by atoms with van der Waals surface area (Å²) in [4.78, 5) is 13.2. The van der Waals surface area contributed by atoms with Gasteiger partial charge in [-0.2, -0.15) is 0 Å². The number of hydrogen-bond donors (Lipinski definition) is 2. The summed E-state index contributed by atoms with van der Waals surface area (Å²) in [6.45, 7) is 6.62. The van der Waals surface area contributed by atoms with Crippen LogP contribution in [0.5, 0.6) is 5.75 Å². The Morgan fingerprint density at radius 3 is 2.53 bits per heavy atom. The van der Waals surface area contributed by atoms with Gasteiger partial charge in [-0.05, 0) is 43.7 Å². The van der Waals surface area contributed by atoms with E-state index < -0.39 is 5.25 Å². The normalized spacial score (nSPS) is 17.7. The molecule has 1 aliphatic rings. The number of aryl methyl sites for hydroxylation is 2. The largest absolute Gasteiger partial charge is 0.494 e. The average Bonchev–Trinajstić information content (AvgIpc) is 3.17. The molecule has 2 N–H and O–H groups in total. The molecule has 0 bridgehead atoms. The van der Waals surface area contributed by atoms with Crippen molar-refractivity contribution in [1.82, 2.24) is 14.9 Å². The van der Waals surface area contributed by atoms with Crippen molar-refractivity contribution in [2.24, 2.45) is 0 Å². The third kappa shape index (κ3) is 4.14. The highest BCUT2D eigenvalue weighted by atomic mass is 32.2. The number of amides is 1. The van der Waals surface area contributed by atoms with Crippen LogP contribution in [-0.4, -0.2) is 32.6 Å². The highest BCUT2D eigenvalue weighted by Gasteiger charge is 2.37. The molecule has 0 fully saturated rings. The van der Waals surface area contributed by atoms with Gasteiger partial charge in [0.05, 0.1) is 12.6 Å². The summed E-state index contributed by atoms with van der Waals surface area (Å²) < 4.78 is 7.45. The van der Waals surface area contributed by atoms with Crippen LogP contribution in [0.4, 0.5) is 5.69 Å². The number of ether oxygens (including phenoxy) is 1. The lowest BCUT2D eigenvalue weighted by Crippen LogP contribution is -2.41. The smallest absolute Gasteiger partial charge is 0.240 e. The molecule has 1 aromatic heterocycles. The van der Waals surface area contributed by atoms with Gasteiger partial charge in [0.25, 0.3) is 0 Å². The van der Waals surface area contributed by atoms with Crippen molar-refractivity contribution in [2.45, 2.75) is 43.6 Å². The second-order valence-electron chi connectivity index (χ2n) is 7.09. The number of fused-ring (bicyclic) bond motifs is 1.